The van der Waals surface area contributed by atoms with Crippen molar-refractivity contribution in [2.24, 2.45) is 0 Å². The Hall–Kier alpha value is -1.74. The summed E-state index contributed by atoms with van der Waals surface area (Å²) in [6.07, 6.45) is 0. The topological polar surface area (TPSA) is 46.5 Å². The maximum absolute atomic E-state index is 11.3. The van der Waals surface area contributed by atoms with Gasteiger partial charge in [0, 0.05) is 10.4 Å². The second kappa shape index (κ2) is 4.02. The molecule has 2 rings (SSSR count). The first-order chi connectivity index (χ1) is 7.63. The molecule has 2 aromatic carbocycles. The van der Waals surface area contributed by atoms with E-state index in [9.17, 15) is 9.90 Å². The lowest BCUT2D eigenvalue weighted by Crippen LogP contribution is -2.01. The molecule has 0 amide bonds. The summed E-state index contributed by atoms with van der Waals surface area (Å²) in [6.45, 7) is 0. The SMILES string of the molecule is COC(=O)c1ccc2cc(Cl)ccc2c1O. The van der Waals surface area contributed by atoms with Gasteiger partial charge < -0.3 is 9.84 Å². The Morgan fingerprint density at radius 1 is 1.31 bits per heavy atom. The summed E-state index contributed by atoms with van der Waals surface area (Å²) in [5, 5.41) is 11.8. The molecule has 0 heterocycles. The molecule has 82 valence electrons. The molecule has 0 atom stereocenters. The number of phenols is 1. The van der Waals surface area contributed by atoms with Gasteiger partial charge in [-0.05, 0) is 29.7 Å². The second-order valence-corrected chi connectivity index (χ2v) is 3.76. The first-order valence-electron chi connectivity index (χ1n) is 4.63. The molecule has 0 saturated carbocycles. The largest absolute Gasteiger partial charge is 0.506 e. The van der Waals surface area contributed by atoms with Crippen LogP contribution in [0, 0.1) is 0 Å². The van der Waals surface area contributed by atoms with Gasteiger partial charge in [0.15, 0.2) is 0 Å². The van der Waals surface area contributed by atoms with Gasteiger partial charge in [-0.2, -0.15) is 0 Å². The molecule has 1 N–H and O–H groups in total. The van der Waals surface area contributed by atoms with Crippen molar-refractivity contribution in [3.8, 4) is 5.75 Å². The number of benzene rings is 2. The third-order valence-corrected chi connectivity index (χ3v) is 2.59. The van der Waals surface area contributed by atoms with Gasteiger partial charge in [-0.3, -0.25) is 0 Å². The number of aromatic hydroxyl groups is 1. The molecule has 0 aliphatic carbocycles. The van der Waals surface area contributed by atoms with Crippen LogP contribution in [0.4, 0.5) is 0 Å². The number of methoxy groups -OCH3 is 1. The summed E-state index contributed by atoms with van der Waals surface area (Å²) in [4.78, 5) is 11.3. The molecule has 0 spiro atoms. The van der Waals surface area contributed by atoms with Crippen molar-refractivity contribution in [2.45, 2.75) is 0 Å². The molecule has 16 heavy (non-hydrogen) atoms. The number of ether oxygens (including phenoxy) is 1. The Balaban J connectivity index is 2.70. The molecule has 0 aliphatic rings. The maximum Gasteiger partial charge on any atom is 0.341 e. The van der Waals surface area contributed by atoms with E-state index >= 15 is 0 Å². The van der Waals surface area contributed by atoms with Crippen molar-refractivity contribution in [3.05, 3.63) is 40.9 Å². The number of halogens is 1. The van der Waals surface area contributed by atoms with Gasteiger partial charge in [0.05, 0.1) is 7.11 Å². The lowest BCUT2D eigenvalue weighted by Gasteiger charge is -2.06. The van der Waals surface area contributed by atoms with E-state index in [-0.39, 0.29) is 11.3 Å². The van der Waals surface area contributed by atoms with Crippen molar-refractivity contribution in [1.29, 1.82) is 0 Å². The van der Waals surface area contributed by atoms with Gasteiger partial charge >= 0.3 is 5.97 Å². The Bertz CT molecular complexity index is 563. The Kier molecular flexibility index (Phi) is 2.71. The van der Waals surface area contributed by atoms with E-state index in [1.807, 2.05) is 0 Å². The molecule has 0 unspecified atom stereocenters. The van der Waals surface area contributed by atoms with E-state index in [0.29, 0.717) is 10.4 Å². The highest BCUT2D eigenvalue weighted by molar-refractivity contribution is 6.31. The van der Waals surface area contributed by atoms with E-state index in [1.54, 1.807) is 24.3 Å². The van der Waals surface area contributed by atoms with Crippen LogP contribution in [-0.4, -0.2) is 18.2 Å². The van der Waals surface area contributed by atoms with Crippen molar-refractivity contribution in [3.63, 3.8) is 0 Å². The fourth-order valence-electron chi connectivity index (χ4n) is 1.56. The predicted molar refractivity (Wildman–Crippen MR) is 62.0 cm³/mol. The standard InChI is InChI=1S/C12H9ClO3/c1-16-12(15)10-4-2-7-6-8(13)3-5-9(7)11(10)14/h2-6,14H,1H3. The maximum atomic E-state index is 11.3. The highest BCUT2D eigenvalue weighted by atomic mass is 35.5. The van der Waals surface area contributed by atoms with Crippen LogP contribution >= 0.6 is 11.6 Å². The Labute approximate surface area is 97.2 Å². The monoisotopic (exact) mass is 236 g/mol. The number of rotatable bonds is 1. The smallest absolute Gasteiger partial charge is 0.341 e. The van der Waals surface area contributed by atoms with Crippen molar-refractivity contribution < 1.29 is 14.6 Å². The molecular weight excluding hydrogens is 228 g/mol. The second-order valence-electron chi connectivity index (χ2n) is 3.32. The summed E-state index contributed by atoms with van der Waals surface area (Å²) in [5.74, 6) is -0.643. The highest BCUT2D eigenvalue weighted by Gasteiger charge is 2.13. The number of esters is 1. The molecule has 0 saturated heterocycles. The first kappa shape index (κ1) is 10.8. The Morgan fingerprint density at radius 3 is 2.75 bits per heavy atom. The zero-order chi connectivity index (χ0) is 11.7. The van der Waals surface area contributed by atoms with Gasteiger partial charge in [0.1, 0.15) is 11.3 Å². The lowest BCUT2D eigenvalue weighted by molar-refractivity contribution is 0.0598. The normalized spacial score (nSPS) is 10.4. The van der Waals surface area contributed by atoms with E-state index in [4.69, 9.17) is 11.6 Å². The zero-order valence-electron chi connectivity index (χ0n) is 8.53. The van der Waals surface area contributed by atoms with Gasteiger partial charge in [0.25, 0.3) is 0 Å². The highest BCUT2D eigenvalue weighted by Crippen LogP contribution is 2.30. The predicted octanol–water partition coefficient (Wildman–Crippen LogP) is 2.99. The van der Waals surface area contributed by atoms with Crippen LogP contribution in [0.1, 0.15) is 10.4 Å². The van der Waals surface area contributed by atoms with Gasteiger partial charge in [-0.15, -0.1) is 0 Å². The van der Waals surface area contributed by atoms with E-state index in [2.05, 4.69) is 4.74 Å². The average Bonchev–Trinajstić information content (AvgIpc) is 2.28. The third-order valence-electron chi connectivity index (χ3n) is 2.36. The van der Waals surface area contributed by atoms with Crippen LogP contribution in [0.25, 0.3) is 10.8 Å². The summed E-state index contributed by atoms with van der Waals surface area (Å²) < 4.78 is 4.56. The summed E-state index contributed by atoms with van der Waals surface area (Å²) >= 11 is 5.83. The van der Waals surface area contributed by atoms with Gasteiger partial charge in [0.2, 0.25) is 0 Å². The molecule has 4 heteroatoms. The number of hydrogen-bond acceptors (Lipinski definition) is 3. The lowest BCUT2D eigenvalue weighted by atomic mass is 10.1. The quantitative estimate of drug-likeness (QED) is 0.775. The molecule has 2 aromatic rings. The van der Waals surface area contributed by atoms with Crippen LogP contribution in [-0.2, 0) is 4.74 Å². The molecule has 0 radical (unpaired) electrons. The van der Waals surface area contributed by atoms with Crippen molar-refractivity contribution >= 4 is 28.3 Å². The summed E-state index contributed by atoms with van der Waals surface area (Å²) in [6, 6.07) is 8.27. The molecule has 3 nitrogen and oxygen atoms in total. The van der Waals surface area contributed by atoms with Crippen LogP contribution < -0.4 is 0 Å². The fourth-order valence-corrected chi connectivity index (χ4v) is 1.74. The number of carbonyl (C=O) groups is 1. The van der Waals surface area contributed by atoms with Crippen LogP contribution in [0.5, 0.6) is 5.75 Å². The molecule has 0 bridgehead atoms. The molecule has 0 aliphatic heterocycles. The Morgan fingerprint density at radius 2 is 2.06 bits per heavy atom. The van der Waals surface area contributed by atoms with Gasteiger partial charge in [-0.25, -0.2) is 4.79 Å². The molecular formula is C12H9ClO3. The zero-order valence-corrected chi connectivity index (χ0v) is 9.28. The van der Waals surface area contributed by atoms with Crippen LogP contribution in [0.2, 0.25) is 5.02 Å². The minimum absolute atomic E-state index is 0.0824. The van der Waals surface area contributed by atoms with Crippen molar-refractivity contribution in [2.75, 3.05) is 7.11 Å². The third kappa shape index (κ3) is 1.70. The number of phenolic OH excluding ortho intramolecular Hbond substituents is 1. The fraction of sp³-hybridized carbons (Fsp3) is 0.0833. The minimum atomic E-state index is -0.561. The van der Waals surface area contributed by atoms with Crippen molar-refractivity contribution in [1.82, 2.24) is 0 Å². The van der Waals surface area contributed by atoms with Crippen LogP contribution in [0.15, 0.2) is 30.3 Å². The van der Waals surface area contributed by atoms with Crippen LogP contribution in [0.3, 0.4) is 0 Å². The number of hydrogen-bond donors (Lipinski definition) is 1. The van der Waals surface area contributed by atoms with Gasteiger partial charge in [-0.1, -0.05) is 17.7 Å². The minimum Gasteiger partial charge on any atom is -0.506 e. The first-order valence-corrected chi connectivity index (χ1v) is 5.01. The van der Waals surface area contributed by atoms with E-state index in [1.165, 1.54) is 13.2 Å². The summed E-state index contributed by atoms with van der Waals surface area (Å²) in [5.41, 5.74) is 0.150. The van der Waals surface area contributed by atoms with E-state index in [0.717, 1.165) is 5.39 Å². The molecule has 0 fully saturated rings. The number of carbonyl (C=O) groups excluding carboxylic acids is 1. The average molecular weight is 237 g/mol. The molecule has 0 aromatic heterocycles. The van der Waals surface area contributed by atoms with E-state index < -0.39 is 5.97 Å². The number of fused-ring (bicyclic) bond motifs is 1. The summed E-state index contributed by atoms with van der Waals surface area (Å²) in [7, 11) is 1.27.